The van der Waals surface area contributed by atoms with Gasteiger partial charge in [-0.3, -0.25) is 4.79 Å². The zero-order valence-electron chi connectivity index (χ0n) is 6.42. The number of carboxylic acids is 1. The second-order valence-electron chi connectivity index (χ2n) is 2.76. The Labute approximate surface area is 66.2 Å². The van der Waals surface area contributed by atoms with Crippen molar-refractivity contribution in [2.45, 2.75) is 19.3 Å². The van der Waals surface area contributed by atoms with Crippen molar-refractivity contribution in [1.29, 1.82) is 0 Å². The van der Waals surface area contributed by atoms with E-state index in [1.807, 2.05) is 0 Å². The molecule has 0 amide bonds. The maximum absolute atomic E-state index is 10.3. The highest BCUT2D eigenvalue weighted by atomic mass is 16.4. The highest BCUT2D eigenvalue weighted by molar-refractivity contribution is 5.68. The maximum Gasteiger partial charge on any atom is 0.304 e. The molecule has 0 fully saturated rings. The summed E-state index contributed by atoms with van der Waals surface area (Å²) in [4.78, 5) is 10.3. The molecule has 11 heavy (non-hydrogen) atoms. The Kier molecular flexibility index (Phi) is 2.47. The van der Waals surface area contributed by atoms with Crippen LogP contribution in [-0.2, 0) is 4.79 Å². The van der Waals surface area contributed by atoms with Gasteiger partial charge in [0.2, 0.25) is 0 Å². The molecule has 0 radical (unpaired) electrons. The number of hydrogen-bond donors (Lipinski definition) is 1. The van der Waals surface area contributed by atoms with Crippen molar-refractivity contribution >= 4 is 5.97 Å². The topological polar surface area (TPSA) is 37.3 Å². The third kappa shape index (κ3) is 1.93. The van der Waals surface area contributed by atoms with Gasteiger partial charge < -0.3 is 5.11 Å². The molecule has 0 aromatic rings. The van der Waals surface area contributed by atoms with Crippen LogP contribution in [0.25, 0.3) is 0 Å². The minimum absolute atomic E-state index is 0.0706. The average molecular weight is 152 g/mol. The van der Waals surface area contributed by atoms with Crippen molar-refractivity contribution < 1.29 is 9.90 Å². The summed E-state index contributed by atoms with van der Waals surface area (Å²) in [5, 5.41) is 8.51. The van der Waals surface area contributed by atoms with Gasteiger partial charge in [0.15, 0.2) is 0 Å². The first-order chi connectivity index (χ1) is 5.24. The first kappa shape index (κ1) is 8.05. The van der Waals surface area contributed by atoms with Crippen LogP contribution < -0.4 is 0 Å². The van der Waals surface area contributed by atoms with Gasteiger partial charge in [0.25, 0.3) is 0 Å². The van der Waals surface area contributed by atoms with Crippen LogP contribution in [0.2, 0.25) is 0 Å². The van der Waals surface area contributed by atoms with Crippen molar-refractivity contribution in [3.63, 3.8) is 0 Å². The van der Waals surface area contributed by atoms with E-state index in [9.17, 15) is 4.79 Å². The molecule has 1 atom stereocenters. The third-order valence-electron chi connectivity index (χ3n) is 1.99. The molecule has 1 aliphatic carbocycles. The van der Waals surface area contributed by atoms with Crippen molar-refractivity contribution in [2.24, 2.45) is 5.92 Å². The summed E-state index contributed by atoms with van der Waals surface area (Å²) < 4.78 is 0. The van der Waals surface area contributed by atoms with Gasteiger partial charge in [-0.15, -0.1) is 6.58 Å². The van der Waals surface area contributed by atoms with Gasteiger partial charge in [0, 0.05) is 5.92 Å². The van der Waals surface area contributed by atoms with E-state index in [1.165, 1.54) is 5.57 Å². The fourth-order valence-electron chi connectivity index (χ4n) is 1.20. The smallest absolute Gasteiger partial charge is 0.304 e. The fraction of sp³-hybridized carbons (Fsp3) is 0.444. The van der Waals surface area contributed by atoms with Crippen molar-refractivity contribution in [3.05, 3.63) is 24.3 Å². The first-order valence-corrected chi connectivity index (χ1v) is 3.77. The number of aliphatic carboxylic acids is 1. The van der Waals surface area contributed by atoms with Crippen LogP contribution in [0.15, 0.2) is 24.3 Å². The van der Waals surface area contributed by atoms with E-state index < -0.39 is 5.97 Å². The highest BCUT2D eigenvalue weighted by Gasteiger charge is 2.17. The lowest BCUT2D eigenvalue weighted by Crippen LogP contribution is -2.11. The number of carboxylic acid groups (broad SMARTS) is 1. The Morgan fingerprint density at radius 2 is 2.55 bits per heavy atom. The number of hydrogen-bond acceptors (Lipinski definition) is 1. The quantitative estimate of drug-likeness (QED) is 0.625. The van der Waals surface area contributed by atoms with E-state index in [0.29, 0.717) is 0 Å². The summed E-state index contributed by atoms with van der Waals surface area (Å²) in [7, 11) is 0. The Bertz CT molecular complexity index is 204. The predicted octanol–water partition coefficient (Wildman–Crippen LogP) is 1.98. The van der Waals surface area contributed by atoms with Crippen LogP contribution in [0.5, 0.6) is 0 Å². The standard InChI is InChI=1S/C9H12O2/c1-2-7(6-9(10)11)8-4-3-5-8/h2,4,7H,1,3,5-6H2,(H,10,11). The van der Waals surface area contributed by atoms with E-state index in [4.69, 9.17) is 5.11 Å². The molecule has 0 saturated carbocycles. The molecule has 0 aliphatic heterocycles. The average Bonchev–Trinajstić information content (AvgIpc) is 1.81. The lowest BCUT2D eigenvalue weighted by atomic mass is 9.85. The number of allylic oxidation sites excluding steroid dienone is 3. The van der Waals surface area contributed by atoms with E-state index in [2.05, 4.69) is 12.7 Å². The molecule has 1 rings (SSSR count). The number of carbonyl (C=O) groups is 1. The molecule has 1 N–H and O–H groups in total. The summed E-state index contributed by atoms with van der Waals surface area (Å²) in [5.41, 5.74) is 1.24. The largest absolute Gasteiger partial charge is 0.481 e. The van der Waals surface area contributed by atoms with E-state index in [0.717, 1.165) is 12.8 Å². The molecule has 60 valence electrons. The first-order valence-electron chi connectivity index (χ1n) is 3.77. The number of rotatable bonds is 4. The Balaban J connectivity index is 2.49. The van der Waals surface area contributed by atoms with Gasteiger partial charge in [-0.25, -0.2) is 0 Å². The van der Waals surface area contributed by atoms with Crippen LogP contribution in [0, 0.1) is 5.92 Å². The summed E-state index contributed by atoms with van der Waals surface area (Å²) >= 11 is 0. The summed E-state index contributed by atoms with van der Waals surface area (Å²) in [6, 6.07) is 0. The summed E-state index contributed by atoms with van der Waals surface area (Å²) in [5.74, 6) is -0.677. The predicted molar refractivity (Wildman–Crippen MR) is 43.3 cm³/mol. The minimum atomic E-state index is -0.747. The lowest BCUT2D eigenvalue weighted by molar-refractivity contribution is -0.137. The molecule has 0 heterocycles. The Morgan fingerprint density at radius 3 is 2.82 bits per heavy atom. The minimum Gasteiger partial charge on any atom is -0.481 e. The van der Waals surface area contributed by atoms with Gasteiger partial charge in [0.05, 0.1) is 6.42 Å². The van der Waals surface area contributed by atoms with Gasteiger partial charge in [-0.2, -0.15) is 0 Å². The van der Waals surface area contributed by atoms with Crippen molar-refractivity contribution in [3.8, 4) is 0 Å². The van der Waals surface area contributed by atoms with Gasteiger partial charge >= 0.3 is 5.97 Å². The lowest BCUT2D eigenvalue weighted by Gasteiger charge is -2.20. The van der Waals surface area contributed by atoms with Crippen molar-refractivity contribution in [2.75, 3.05) is 0 Å². The van der Waals surface area contributed by atoms with Gasteiger partial charge in [-0.05, 0) is 12.8 Å². The van der Waals surface area contributed by atoms with Crippen LogP contribution in [-0.4, -0.2) is 11.1 Å². The third-order valence-corrected chi connectivity index (χ3v) is 1.99. The molecule has 2 heteroatoms. The molecule has 0 saturated heterocycles. The maximum atomic E-state index is 10.3. The molecule has 0 bridgehead atoms. The molecule has 1 aliphatic rings. The normalized spacial score (nSPS) is 18.0. The van der Waals surface area contributed by atoms with Crippen LogP contribution >= 0.6 is 0 Å². The van der Waals surface area contributed by atoms with E-state index in [1.54, 1.807) is 6.08 Å². The van der Waals surface area contributed by atoms with Gasteiger partial charge in [0.1, 0.15) is 0 Å². The Morgan fingerprint density at radius 1 is 1.91 bits per heavy atom. The zero-order chi connectivity index (χ0) is 8.27. The Hall–Kier alpha value is -1.05. The summed E-state index contributed by atoms with van der Waals surface area (Å²) in [6.45, 7) is 3.61. The molecule has 1 unspecified atom stereocenters. The highest BCUT2D eigenvalue weighted by Crippen LogP contribution is 2.28. The van der Waals surface area contributed by atoms with Crippen molar-refractivity contribution in [1.82, 2.24) is 0 Å². The second kappa shape index (κ2) is 3.37. The summed E-state index contributed by atoms with van der Waals surface area (Å²) in [6.07, 6.45) is 6.15. The van der Waals surface area contributed by atoms with E-state index in [-0.39, 0.29) is 12.3 Å². The van der Waals surface area contributed by atoms with Crippen LogP contribution in [0.4, 0.5) is 0 Å². The van der Waals surface area contributed by atoms with Gasteiger partial charge in [-0.1, -0.05) is 17.7 Å². The molecule has 0 aromatic heterocycles. The van der Waals surface area contributed by atoms with Crippen LogP contribution in [0.3, 0.4) is 0 Å². The molecular weight excluding hydrogens is 140 g/mol. The SMILES string of the molecule is C=CC(CC(=O)O)C1=CCC1. The molecule has 0 spiro atoms. The van der Waals surface area contributed by atoms with Crippen LogP contribution in [0.1, 0.15) is 19.3 Å². The zero-order valence-corrected chi connectivity index (χ0v) is 6.42. The van der Waals surface area contributed by atoms with E-state index >= 15 is 0 Å². The second-order valence-corrected chi connectivity index (χ2v) is 2.76. The monoisotopic (exact) mass is 152 g/mol. The fourth-order valence-corrected chi connectivity index (χ4v) is 1.20. The molecule has 0 aromatic carbocycles. The molecular formula is C9H12O2. The molecule has 2 nitrogen and oxygen atoms in total.